The second-order valence-corrected chi connectivity index (χ2v) is 10.7. The van der Waals surface area contributed by atoms with Crippen molar-refractivity contribution in [3.63, 3.8) is 0 Å². The van der Waals surface area contributed by atoms with Crippen LogP contribution in [0.5, 0.6) is 23.0 Å². The quantitative estimate of drug-likeness (QED) is 0.0849. The molecule has 1 heterocycles. The van der Waals surface area contributed by atoms with Gasteiger partial charge in [-0.15, -0.1) is 0 Å². The minimum Gasteiger partial charge on any atom is -0.493 e. The number of esters is 1. The number of nitro benzene ring substituents is 1. The molecule has 0 aliphatic carbocycles. The summed E-state index contributed by atoms with van der Waals surface area (Å²) in [4.78, 5) is 47.9. The molecule has 4 rings (SSSR count). The van der Waals surface area contributed by atoms with E-state index in [9.17, 15) is 24.5 Å². The number of nitrogens with one attached hydrogen (secondary N) is 3. The minimum absolute atomic E-state index is 0.0124. The molecule has 49 heavy (non-hydrogen) atoms. The number of halogens is 1. The molecule has 3 aromatic rings. The molecular weight excluding hydrogens is 662 g/mol. The number of rotatable bonds is 15. The highest BCUT2D eigenvalue weighted by molar-refractivity contribution is 6.32. The maximum Gasteiger partial charge on any atom is 0.338 e. The molecule has 0 bridgehead atoms. The average molecular weight is 696 g/mol. The van der Waals surface area contributed by atoms with Gasteiger partial charge in [0.25, 0.3) is 11.6 Å². The lowest BCUT2D eigenvalue weighted by molar-refractivity contribution is -0.384. The molecule has 0 saturated carbocycles. The average Bonchev–Trinajstić information content (AvgIpc) is 3.06. The van der Waals surface area contributed by atoms with Crippen molar-refractivity contribution in [2.75, 3.05) is 26.9 Å². The number of hydrazone groups is 1. The van der Waals surface area contributed by atoms with Crippen molar-refractivity contribution in [1.82, 2.24) is 16.1 Å². The molecule has 3 amide bonds. The van der Waals surface area contributed by atoms with E-state index in [2.05, 4.69) is 21.2 Å². The summed E-state index contributed by atoms with van der Waals surface area (Å²) in [6.07, 6.45) is 1.36. The number of amides is 3. The summed E-state index contributed by atoms with van der Waals surface area (Å²) < 4.78 is 27.8. The van der Waals surface area contributed by atoms with Crippen LogP contribution in [0.4, 0.5) is 10.5 Å². The molecule has 258 valence electrons. The smallest absolute Gasteiger partial charge is 0.338 e. The third-order valence-electron chi connectivity index (χ3n) is 6.88. The molecule has 16 heteroatoms. The summed E-state index contributed by atoms with van der Waals surface area (Å²) in [6, 6.07) is 12.7. The van der Waals surface area contributed by atoms with Crippen LogP contribution in [0.25, 0.3) is 0 Å². The van der Waals surface area contributed by atoms with Crippen molar-refractivity contribution >= 4 is 41.4 Å². The number of carbonyl (C=O) groups is 3. The van der Waals surface area contributed by atoms with Gasteiger partial charge in [-0.1, -0.05) is 29.8 Å². The van der Waals surface area contributed by atoms with Crippen LogP contribution < -0.4 is 35.0 Å². The molecule has 15 nitrogen and oxygen atoms in total. The first-order valence-electron chi connectivity index (χ1n) is 14.9. The lowest BCUT2D eigenvalue weighted by Gasteiger charge is -2.28. The number of carbonyl (C=O) groups excluding carboxylic acids is 3. The summed E-state index contributed by atoms with van der Waals surface area (Å²) in [7, 11) is 1.41. The molecular formula is C33H34ClN5O10. The fourth-order valence-electron chi connectivity index (χ4n) is 4.74. The number of urea groups is 1. The molecule has 0 aromatic heterocycles. The Bertz CT molecular complexity index is 1800. The van der Waals surface area contributed by atoms with E-state index in [-0.39, 0.29) is 46.7 Å². The van der Waals surface area contributed by atoms with Crippen molar-refractivity contribution in [3.05, 3.63) is 97.7 Å². The van der Waals surface area contributed by atoms with Gasteiger partial charge in [-0.05, 0) is 61.7 Å². The predicted molar refractivity (Wildman–Crippen MR) is 178 cm³/mol. The number of methoxy groups -OCH3 is 1. The normalized spacial score (nSPS) is 14.1. The summed E-state index contributed by atoms with van der Waals surface area (Å²) in [5.74, 6) is -0.102. The summed E-state index contributed by atoms with van der Waals surface area (Å²) in [5, 5.41) is 20.5. The van der Waals surface area contributed by atoms with E-state index in [1.165, 1.54) is 25.5 Å². The Morgan fingerprint density at radius 2 is 1.84 bits per heavy atom. The van der Waals surface area contributed by atoms with Crippen LogP contribution in [-0.4, -0.2) is 56.0 Å². The molecule has 1 atom stereocenters. The van der Waals surface area contributed by atoms with E-state index in [4.69, 9.17) is 35.3 Å². The van der Waals surface area contributed by atoms with E-state index in [1.807, 2.05) is 0 Å². The van der Waals surface area contributed by atoms with Crippen LogP contribution in [0.2, 0.25) is 5.02 Å². The number of allylic oxidation sites excluding steroid dienone is 1. The number of benzene rings is 3. The number of non-ortho nitro benzene ring substituents is 1. The first-order chi connectivity index (χ1) is 23.5. The van der Waals surface area contributed by atoms with Crippen LogP contribution in [0, 0.1) is 10.1 Å². The number of hydrogen-bond acceptors (Lipinski definition) is 11. The van der Waals surface area contributed by atoms with Gasteiger partial charge in [0.2, 0.25) is 0 Å². The fourth-order valence-corrected chi connectivity index (χ4v) is 5.02. The van der Waals surface area contributed by atoms with Crippen molar-refractivity contribution in [2.45, 2.75) is 33.4 Å². The van der Waals surface area contributed by atoms with Crippen molar-refractivity contribution < 1.29 is 43.0 Å². The van der Waals surface area contributed by atoms with E-state index < -0.39 is 35.5 Å². The molecule has 0 unspecified atom stereocenters. The van der Waals surface area contributed by atoms with Crippen molar-refractivity contribution in [2.24, 2.45) is 5.10 Å². The first kappa shape index (κ1) is 36.0. The van der Waals surface area contributed by atoms with Gasteiger partial charge in [0, 0.05) is 17.8 Å². The van der Waals surface area contributed by atoms with Gasteiger partial charge >= 0.3 is 12.0 Å². The second-order valence-electron chi connectivity index (χ2n) is 10.3. The van der Waals surface area contributed by atoms with Crippen molar-refractivity contribution in [1.29, 1.82) is 0 Å². The van der Waals surface area contributed by atoms with Crippen LogP contribution in [0.15, 0.2) is 71.0 Å². The third kappa shape index (κ3) is 9.38. The van der Waals surface area contributed by atoms with Gasteiger partial charge in [-0.25, -0.2) is 15.0 Å². The highest BCUT2D eigenvalue weighted by atomic mass is 35.5. The van der Waals surface area contributed by atoms with Gasteiger partial charge in [0.1, 0.15) is 6.61 Å². The van der Waals surface area contributed by atoms with Gasteiger partial charge in [-0.3, -0.25) is 14.9 Å². The Morgan fingerprint density at radius 3 is 2.55 bits per heavy atom. The van der Waals surface area contributed by atoms with Gasteiger partial charge in [-0.2, -0.15) is 5.10 Å². The van der Waals surface area contributed by atoms with E-state index in [0.717, 1.165) is 0 Å². The number of ether oxygens (including phenoxy) is 5. The Kier molecular flexibility index (Phi) is 12.4. The molecule has 1 aliphatic rings. The van der Waals surface area contributed by atoms with Gasteiger partial charge in [0.05, 0.1) is 48.1 Å². The van der Waals surface area contributed by atoms with E-state index in [0.29, 0.717) is 34.7 Å². The van der Waals surface area contributed by atoms with Crippen LogP contribution in [0.3, 0.4) is 0 Å². The fraction of sp³-hybridized carbons (Fsp3) is 0.273. The SMILES string of the molecule is CCOC(=O)C1=C(C)NC(=O)N[C@@H]1c1ccc(OCC(=O)N/N=C\c2cc(Cl)c(OCc3cccc([N+](=O)[O-])c3)c(OCC)c2)c(OC)c1. The Hall–Kier alpha value is -5.83. The van der Waals surface area contributed by atoms with E-state index >= 15 is 0 Å². The van der Waals surface area contributed by atoms with Gasteiger partial charge < -0.3 is 34.3 Å². The number of nitrogens with zero attached hydrogens (tertiary/aromatic N) is 2. The predicted octanol–water partition coefficient (Wildman–Crippen LogP) is 4.95. The zero-order valence-electron chi connectivity index (χ0n) is 27.0. The Morgan fingerprint density at radius 1 is 1.04 bits per heavy atom. The summed E-state index contributed by atoms with van der Waals surface area (Å²) in [6.45, 7) is 5.13. The second kappa shape index (κ2) is 16.8. The zero-order chi connectivity index (χ0) is 35.5. The number of hydrogen-bond donors (Lipinski definition) is 3. The van der Waals surface area contributed by atoms with Crippen molar-refractivity contribution in [3.8, 4) is 23.0 Å². The monoisotopic (exact) mass is 695 g/mol. The highest BCUT2D eigenvalue weighted by Crippen LogP contribution is 2.37. The Labute approximate surface area is 286 Å². The van der Waals surface area contributed by atoms with Gasteiger partial charge in [0.15, 0.2) is 29.6 Å². The van der Waals surface area contributed by atoms with Crippen LogP contribution >= 0.6 is 11.6 Å². The molecule has 0 radical (unpaired) electrons. The molecule has 0 fully saturated rings. The van der Waals surface area contributed by atoms with Crippen LogP contribution in [0.1, 0.15) is 43.5 Å². The zero-order valence-corrected chi connectivity index (χ0v) is 27.8. The maximum atomic E-state index is 12.6. The van der Waals surface area contributed by atoms with Crippen LogP contribution in [-0.2, 0) is 20.9 Å². The number of nitro groups is 1. The highest BCUT2D eigenvalue weighted by Gasteiger charge is 2.32. The third-order valence-corrected chi connectivity index (χ3v) is 7.16. The lowest BCUT2D eigenvalue weighted by atomic mass is 9.95. The summed E-state index contributed by atoms with van der Waals surface area (Å²) in [5.41, 5.74) is 4.51. The first-order valence-corrected chi connectivity index (χ1v) is 15.3. The molecule has 0 spiro atoms. The Balaban J connectivity index is 1.39. The lowest BCUT2D eigenvalue weighted by Crippen LogP contribution is -2.45. The molecule has 0 saturated heterocycles. The summed E-state index contributed by atoms with van der Waals surface area (Å²) >= 11 is 6.48. The largest absolute Gasteiger partial charge is 0.493 e. The standard InChI is InChI=1S/C33H34ClN5O10/c1-5-46-27-14-21(13-24(34)31(27)49-17-20-8-7-9-23(12-20)39(43)44)16-35-38-28(40)18-48-25-11-10-22(15-26(25)45-4)30-29(32(41)47-6-2)19(3)36-33(42)37-30/h7-16,30H,5-6,17-18H2,1-4H3,(H,38,40)(H2,36,37,42)/b35-16-/t30-/m1/s1. The molecule has 3 aromatic carbocycles. The molecule has 1 aliphatic heterocycles. The topological polar surface area (TPSA) is 189 Å². The maximum absolute atomic E-state index is 12.6. The molecule has 3 N–H and O–H groups in total. The van der Waals surface area contributed by atoms with E-state index in [1.54, 1.807) is 63.2 Å². The minimum atomic E-state index is -0.807.